The van der Waals surface area contributed by atoms with Crippen molar-refractivity contribution in [3.8, 4) is 44.5 Å². The van der Waals surface area contributed by atoms with Crippen LogP contribution in [0.25, 0.3) is 66.4 Å². The molecular weight excluding hydrogens is 727 g/mol. The maximum atomic E-state index is 6.56. The summed E-state index contributed by atoms with van der Waals surface area (Å²) in [6, 6.07) is 74.1. The number of fused-ring (bicyclic) bond motifs is 16. The van der Waals surface area contributed by atoms with Crippen LogP contribution in [-0.2, 0) is 10.8 Å². The van der Waals surface area contributed by atoms with Gasteiger partial charge in [0.25, 0.3) is 0 Å². The Morgan fingerprint density at radius 1 is 0.383 bits per heavy atom. The van der Waals surface area contributed by atoms with E-state index in [1.807, 2.05) is 0 Å². The molecule has 0 bridgehead atoms. The summed E-state index contributed by atoms with van der Waals surface area (Å²) in [5, 5.41) is 2.21. The first kappa shape index (κ1) is 33.5. The van der Waals surface area contributed by atoms with Crippen LogP contribution < -0.4 is 4.90 Å². The van der Waals surface area contributed by atoms with Gasteiger partial charge >= 0.3 is 0 Å². The van der Waals surface area contributed by atoms with E-state index in [4.69, 9.17) is 4.42 Å². The van der Waals surface area contributed by atoms with Crippen molar-refractivity contribution in [2.45, 2.75) is 24.7 Å². The molecule has 3 aliphatic carbocycles. The second-order valence-electron chi connectivity index (χ2n) is 17.1. The van der Waals surface area contributed by atoms with Crippen molar-refractivity contribution in [1.29, 1.82) is 0 Å². The van der Waals surface area contributed by atoms with Crippen LogP contribution in [-0.4, -0.2) is 0 Å². The third kappa shape index (κ3) is 4.22. The van der Waals surface area contributed by atoms with Gasteiger partial charge in [-0.3, -0.25) is 0 Å². The third-order valence-corrected chi connectivity index (χ3v) is 13.9. The minimum atomic E-state index is -0.447. The zero-order valence-electron chi connectivity index (χ0n) is 33.4. The number of rotatable bonds is 4. The summed E-state index contributed by atoms with van der Waals surface area (Å²) in [4.78, 5) is 2.49. The minimum Gasteiger partial charge on any atom is -0.456 e. The SMILES string of the molecule is CC1(C)c2ccccc2-c2cccc(-c3ccc(N(c4cccc5c4-c4ccccc4C54c5ccccc5-c5ccccc54)c4cccc5oc6ccccc6c45)cc3)c21. The van der Waals surface area contributed by atoms with E-state index in [-0.39, 0.29) is 5.41 Å². The molecule has 0 atom stereocenters. The molecule has 1 spiro atoms. The Morgan fingerprint density at radius 2 is 0.883 bits per heavy atom. The Balaban J connectivity index is 1.07. The van der Waals surface area contributed by atoms with Crippen LogP contribution in [0.2, 0.25) is 0 Å². The number of nitrogens with zero attached hydrogens (tertiary/aromatic N) is 1. The van der Waals surface area contributed by atoms with Gasteiger partial charge in [-0.05, 0) is 109 Å². The van der Waals surface area contributed by atoms with E-state index in [0.717, 1.165) is 39.0 Å². The zero-order valence-corrected chi connectivity index (χ0v) is 33.4. The fourth-order valence-electron chi connectivity index (χ4n) is 11.5. The highest BCUT2D eigenvalue weighted by Crippen LogP contribution is 2.65. The molecule has 282 valence electrons. The van der Waals surface area contributed by atoms with Gasteiger partial charge in [-0.1, -0.05) is 178 Å². The highest BCUT2D eigenvalue weighted by molar-refractivity contribution is 6.14. The molecule has 0 aliphatic heterocycles. The van der Waals surface area contributed by atoms with E-state index in [2.05, 4.69) is 219 Å². The van der Waals surface area contributed by atoms with Crippen molar-refractivity contribution in [2.24, 2.45) is 0 Å². The molecule has 0 N–H and O–H groups in total. The molecule has 2 heteroatoms. The van der Waals surface area contributed by atoms with E-state index >= 15 is 0 Å². The first-order valence-electron chi connectivity index (χ1n) is 21.0. The highest BCUT2D eigenvalue weighted by atomic mass is 16.3. The van der Waals surface area contributed by atoms with Crippen LogP contribution >= 0.6 is 0 Å². The van der Waals surface area contributed by atoms with Gasteiger partial charge in [-0.15, -0.1) is 0 Å². The molecular formula is C58H39NO. The van der Waals surface area contributed by atoms with E-state index in [1.54, 1.807) is 0 Å². The average Bonchev–Trinajstić information content (AvgIpc) is 4.00. The van der Waals surface area contributed by atoms with Gasteiger partial charge in [0, 0.05) is 22.1 Å². The summed E-state index contributed by atoms with van der Waals surface area (Å²) in [6.07, 6.45) is 0. The van der Waals surface area contributed by atoms with Gasteiger partial charge in [-0.25, -0.2) is 0 Å². The van der Waals surface area contributed by atoms with E-state index < -0.39 is 5.41 Å². The van der Waals surface area contributed by atoms with Crippen molar-refractivity contribution >= 4 is 39.0 Å². The summed E-state index contributed by atoms with van der Waals surface area (Å²) in [5.74, 6) is 0. The zero-order chi connectivity index (χ0) is 39.7. The largest absolute Gasteiger partial charge is 0.456 e. The standard InChI is InChI=1S/C58H39NO/c1-57(2)45-23-8-3-18-41(45)42-22-13-21-38(56(42)57)36-32-34-37(35-33-36)59(51-29-15-31-53-55(51)44-20-7-12-30-52(44)60-53)50-28-14-27-49-54(50)43-19-6-11-26-48(43)58(49)46-24-9-4-16-39(46)40-17-5-10-25-47(40)58/h3-35H,1-2H3. The Kier molecular flexibility index (Phi) is 6.74. The van der Waals surface area contributed by atoms with Crippen LogP contribution in [0, 0.1) is 0 Å². The number of para-hydroxylation sites is 1. The summed E-state index contributed by atoms with van der Waals surface area (Å²) in [6.45, 7) is 4.74. The Hall–Kier alpha value is -7.42. The van der Waals surface area contributed by atoms with Gasteiger partial charge < -0.3 is 9.32 Å². The predicted molar refractivity (Wildman–Crippen MR) is 248 cm³/mol. The van der Waals surface area contributed by atoms with Crippen molar-refractivity contribution in [3.63, 3.8) is 0 Å². The lowest BCUT2D eigenvalue weighted by Crippen LogP contribution is -2.26. The van der Waals surface area contributed by atoms with Crippen molar-refractivity contribution in [2.75, 3.05) is 4.90 Å². The van der Waals surface area contributed by atoms with Gasteiger partial charge in [0.05, 0.1) is 22.2 Å². The van der Waals surface area contributed by atoms with Crippen LogP contribution in [0.5, 0.6) is 0 Å². The summed E-state index contributed by atoms with van der Waals surface area (Å²) >= 11 is 0. The van der Waals surface area contributed by atoms with E-state index in [9.17, 15) is 0 Å². The van der Waals surface area contributed by atoms with E-state index in [1.165, 1.54) is 77.9 Å². The first-order valence-corrected chi connectivity index (χ1v) is 21.0. The molecule has 60 heavy (non-hydrogen) atoms. The monoisotopic (exact) mass is 765 g/mol. The van der Waals surface area contributed by atoms with Crippen molar-refractivity contribution < 1.29 is 4.42 Å². The topological polar surface area (TPSA) is 16.4 Å². The van der Waals surface area contributed by atoms with Crippen LogP contribution in [0.3, 0.4) is 0 Å². The highest BCUT2D eigenvalue weighted by Gasteiger charge is 2.52. The molecule has 13 rings (SSSR count). The number of hydrogen-bond acceptors (Lipinski definition) is 2. The van der Waals surface area contributed by atoms with Gasteiger partial charge in [-0.2, -0.15) is 0 Å². The lowest BCUT2D eigenvalue weighted by atomic mass is 9.70. The van der Waals surface area contributed by atoms with Crippen LogP contribution in [0.4, 0.5) is 17.1 Å². The Labute approximate surface area is 349 Å². The summed E-state index contributed by atoms with van der Waals surface area (Å²) in [7, 11) is 0. The average molecular weight is 766 g/mol. The van der Waals surface area contributed by atoms with E-state index in [0.29, 0.717) is 0 Å². The number of benzene rings is 9. The fraction of sp³-hybridized carbons (Fsp3) is 0.0690. The summed E-state index contributed by atoms with van der Waals surface area (Å²) in [5.41, 5.74) is 22.9. The lowest BCUT2D eigenvalue weighted by Gasteiger charge is -2.32. The molecule has 0 saturated heterocycles. The Bertz CT molecular complexity index is 3370. The van der Waals surface area contributed by atoms with Gasteiger partial charge in [0.2, 0.25) is 0 Å². The number of furan rings is 1. The maximum absolute atomic E-state index is 6.56. The minimum absolute atomic E-state index is 0.114. The summed E-state index contributed by atoms with van der Waals surface area (Å²) < 4.78 is 6.56. The molecule has 9 aromatic carbocycles. The molecule has 0 unspecified atom stereocenters. The predicted octanol–water partition coefficient (Wildman–Crippen LogP) is 15.4. The molecule has 10 aromatic rings. The van der Waals surface area contributed by atoms with Crippen molar-refractivity contribution in [1.82, 2.24) is 0 Å². The lowest BCUT2D eigenvalue weighted by molar-refractivity contribution is 0.662. The third-order valence-electron chi connectivity index (χ3n) is 13.9. The first-order chi connectivity index (χ1) is 29.5. The smallest absolute Gasteiger partial charge is 0.137 e. The number of anilines is 3. The molecule has 0 amide bonds. The quantitative estimate of drug-likeness (QED) is 0.177. The second kappa shape index (κ2) is 12.1. The molecule has 0 saturated carbocycles. The number of hydrogen-bond donors (Lipinski definition) is 0. The Morgan fingerprint density at radius 3 is 1.62 bits per heavy atom. The molecule has 1 heterocycles. The fourth-order valence-corrected chi connectivity index (χ4v) is 11.5. The van der Waals surface area contributed by atoms with Crippen LogP contribution in [0.15, 0.2) is 205 Å². The van der Waals surface area contributed by atoms with Gasteiger partial charge in [0.15, 0.2) is 0 Å². The van der Waals surface area contributed by atoms with Gasteiger partial charge in [0.1, 0.15) is 11.2 Å². The maximum Gasteiger partial charge on any atom is 0.137 e. The second-order valence-corrected chi connectivity index (χ2v) is 17.1. The molecule has 3 aliphatic rings. The normalized spacial score (nSPS) is 14.4. The van der Waals surface area contributed by atoms with Crippen molar-refractivity contribution in [3.05, 3.63) is 234 Å². The molecule has 1 aromatic heterocycles. The molecule has 2 nitrogen and oxygen atoms in total. The molecule has 0 fully saturated rings. The molecule has 0 radical (unpaired) electrons. The van der Waals surface area contributed by atoms with Crippen LogP contribution in [0.1, 0.15) is 47.2 Å².